The first-order valence-corrected chi connectivity index (χ1v) is 2.78. The lowest BCUT2D eigenvalue weighted by Crippen LogP contribution is -1.96. The standard InChI is InChI=1S/C5H2N3O4/c9-7(10)4-2-1-3-5(6-4)8(11)12/h2-3H. The molecule has 7 nitrogen and oxygen atoms in total. The summed E-state index contributed by atoms with van der Waals surface area (Å²) in [5, 5.41) is 20.2. The van der Waals surface area contributed by atoms with Crippen LogP contribution >= 0.6 is 0 Å². The van der Waals surface area contributed by atoms with Crippen molar-refractivity contribution in [2.24, 2.45) is 0 Å². The molecule has 0 aliphatic heterocycles. The number of nitrogens with zero attached hydrogens (tertiary/aromatic N) is 3. The molecule has 0 aliphatic carbocycles. The van der Waals surface area contributed by atoms with Crippen LogP contribution in [0.5, 0.6) is 0 Å². The SMILES string of the molecule is O=[N+]([O-])c1c[c]cc([N+](=O)[O-])n1. The van der Waals surface area contributed by atoms with Gasteiger partial charge in [0.1, 0.15) is 0 Å². The van der Waals surface area contributed by atoms with Crippen molar-refractivity contribution in [3.63, 3.8) is 0 Å². The van der Waals surface area contributed by atoms with Crippen LogP contribution in [-0.4, -0.2) is 14.8 Å². The van der Waals surface area contributed by atoms with E-state index in [4.69, 9.17) is 0 Å². The Morgan fingerprint density at radius 1 is 1.17 bits per heavy atom. The minimum atomic E-state index is -0.816. The number of rotatable bonds is 2. The van der Waals surface area contributed by atoms with Crippen molar-refractivity contribution < 1.29 is 9.85 Å². The molecular weight excluding hydrogens is 166 g/mol. The van der Waals surface area contributed by atoms with E-state index in [2.05, 4.69) is 11.1 Å². The van der Waals surface area contributed by atoms with Crippen molar-refractivity contribution in [2.45, 2.75) is 0 Å². The highest BCUT2D eigenvalue weighted by atomic mass is 16.6. The monoisotopic (exact) mass is 168 g/mol. The summed E-state index contributed by atoms with van der Waals surface area (Å²) < 4.78 is 0. The molecule has 0 unspecified atom stereocenters. The maximum absolute atomic E-state index is 10.1. The van der Waals surface area contributed by atoms with Crippen molar-refractivity contribution in [3.8, 4) is 0 Å². The highest BCUT2D eigenvalue weighted by Crippen LogP contribution is 2.11. The third-order valence-electron chi connectivity index (χ3n) is 1.03. The summed E-state index contributed by atoms with van der Waals surface area (Å²) in [4.78, 5) is 21.7. The van der Waals surface area contributed by atoms with Gasteiger partial charge in [0.25, 0.3) is 0 Å². The molecule has 1 rings (SSSR count). The Morgan fingerprint density at radius 3 is 1.92 bits per heavy atom. The number of hydrogen-bond donors (Lipinski definition) is 0. The van der Waals surface area contributed by atoms with Crippen LogP contribution < -0.4 is 0 Å². The van der Waals surface area contributed by atoms with Crippen LogP contribution in [0.3, 0.4) is 0 Å². The molecule has 1 aromatic heterocycles. The molecule has 0 atom stereocenters. The highest BCUT2D eigenvalue weighted by Gasteiger charge is 2.12. The Bertz CT molecular complexity index is 308. The van der Waals surface area contributed by atoms with Crippen molar-refractivity contribution in [3.05, 3.63) is 38.4 Å². The van der Waals surface area contributed by atoms with E-state index in [9.17, 15) is 20.2 Å². The van der Waals surface area contributed by atoms with E-state index in [1.165, 1.54) is 0 Å². The summed E-state index contributed by atoms with van der Waals surface area (Å²) in [5.41, 5.74) is 0. The summed E-state index contributed by atoms with van der Waals surface area (Å²) in [6, 6.07) is 4.18. The molecule has 0 saturated carbocycles. The van der Waals surface area contributed by atoms with E-state index in [1.54, 1.807) is 0 Å². The summed E-state index contributed by atoms with van der Waals surface area (Å²) in [6.07, 6.45) is 0. The number of aromatic nitrogens is 1. The minimum absolute atomic E-state index is 0.579. The average Bonchev–Trinajstić information content (AvgIpc) is 2.04. The molecule has 0 aromatic carbocycles. The Morgan fingerprint density at radius 2 is 1.58 bits per heavy atom. The zero-order valence-electron chi connectivity index (χ0n) is 5.63. The number of nitro groups is 2. The predicted molar refractivity (Wildman–Crippen MR) is 36.4 cm³/mol. The molecule has 0 bridgehead atoms. The van der Waals surface area contributed by atoms with Gasteiger partial charge in [-0.2, -0.15) is 0 Å². The van der Waals surface area contributed by atoms with Crippen LogP contribution in [0.2, 0.25) is 0 Å². The van der Waals surface area contributed by atoms with E-state index < -0.39 is 21.5 Å². The normalized spacial score (nSPS) is 9.33. The summed E-state index contributed by atoms with van der Waals surface area (Å²) in [6.45, 7) is 0. The first-order chi connectivity index (χ1) is 5.61. The van der Waals surface area contributed by atoms with Crippen molar-refractivity contribution >= 4 is 11.6 Å². The van der Waals surface area contributed by atoms with Crippen LogP contribution in [0.1, 0.15) is 0 Å². The summed E-state index contributed by atoms with van der Waals surface area (Å²) in [5.74, 6) is -1.16. The third-order valence-corrected chi connectivity index (χ3v) is 1.03. The van der Waals surface area contributed by atoms with E-state index in [0.717, 1.165) is 12.1 Å². The Kier molecular flexibility index (Phi) is 1.95. The number of hydrogen-bond acceptors (Lipinski definition) is 5. The van der Waals surface area contributed by atoms with Crippen LogP contribution in [0.4, 0.5) is 11.6 Å². The van der Waals surface area contributed by atoms with Crippen molar-refractivity contribution in [2.75, 3.05) is 0 Å². The van der Waals surface area contributed by atoms with Crippen molar-refractivity contribution in [1.82, 2.24) is 4.98 Å². The topological polar surface area (TPSA) is 99.2 Å². The second kappa shape index (κ2) is 2.91. The van der Waals surface area contributed by atoms with Gasteiger partial charge in [-0.25, -0.2) is 0 Å². The van der Waals surface area contributed by atoms with E-state index >= 15 is 0 Å². The first-order valence-electron chi connectivity index (χ1n) is 2.78. The van der Waals surface area contributed by atoms with Gasteiger partial charge in [-0.15, -0.1) is 0 Å². The summed E-state index contributed by atoms with van der Waals surface area (Å²) >= 11 is 0. The molecule has 0 aliphatic rings. The lowest BCUT2D eigenvalue weighted by Gasteiger charge is -1.92. The van der Waals surface area contributed by atoms with Gasteiger partial charge >= 0.3 is 11.6 Å². The molecule has 0 spiro atoms. The van der Waals surface area contributed by atoms with Crippen LogP contribution in [0.15, 0.2) is 12.1 Å². The lowest BCUT2D eigenvalue weighted by atomic mass is 10.4. The molecule has 1 heterocycles. The fraction of sp³-hybridized carbons (Fsp3) is 0. The van der Waals surface area contributed by atoms with Gasteiger partial charge in [0, 0.05) is 17.1 Å². The molecule has 0 fully saturated rings. The molecule has 0 amide bonds. The Hall–Kier alpha value is -2.05. The van der Waals surface area contributed by atoms with Gasteiger partial charge in [0.05, 0.1) is 0 Å². The molecule has 12 heavy (non-hydrogen) atoms. The number of pyridine rings is 1. The van der Waals surface area contributed by atoms with Gasteiger partial charge in [-0.3, -0.25) is 0 Å². The van der Waals surface area contributed by atoms with Crippen LogP contribution in [-0.2, 0) is 0 Å². The Balaban J connectivity index is 3.12. The zero-order chi connectivity index (χ0) is 9.14. The fourth-order valence-electron chi connectivity index (χ4n) is 0.560. The molecule has 1 aromatic rings. The second-order valence-corrected chi connectivity index (χ2v) is 1.80. The predicted octanol–water partition coefficient (Wildman–Crippen LogP) is 0.698. The molecule has 7 heteroatoms. The van der Waals surface area contributed by atoms with Gasteiger partial charge in [-0.05, 0) is 15.9 Å². The second-order valence-electron chi connectivity index (χ2n) is 1.80. The average molecular weight is 168 g/mol. The van der Waals surface area contributed by atoms with Gasteiger partial charge in [0.15, 0.2) is 0 Å². The van der Waals surface area contributed by atoms with Crippen LogP contribution in [0, 0.1) is 26.3 Å². The van der Waals surface area contributed by atoms with Crippen LogP contribution in [0.25, 0.3) is 0 Å². The van der Waals surface area contributed by atoms with E-state index in [0.29, 0.717) is 0 Å². The quantitative estimate of drug-likeness (QED) is 0.477. The largest absolute Gasteiger partial charge is 0.369 e. The highest BCUT2D eigenvalue weighted by molar-refractivity contribution is 5.27. The van der Waals surface area contributed by atoms with E-state index in [-0.39, 0.29) is 0 Å². The fourth-order valence-corrected chi connectivity index (χ4v) is 0.560. The van der Waals surface area contributed by atoms with E-state index in [1.807, 2.05) is 0 Å². The summed E-state index contributed by atoms with van der Waals surface area (Å²) in [7, 11) is 0. The van der Waals surface area contributed by atoms with Gasteiger partial charge in [0.2, 0.25) is 0 Å². The first kappa shape index (κ1) is 8.05. The Labute approximate surface area is 66.0 Å². The third kappa shape index (κ3) is 1.51. The maximum Gasteiger partial charge on any atom is 0.369 e. The molecule has 0 saturated heterocycles. The molecular formula is C5H2N3O4. The minimum Gasteiger partial charge on any atom is -0.358 e. The molecule has 0 N–H and O–H groups in total. The lowest BCUT2D eigenvalue weighted by molar-refractivity contribution is -0.403. The maximum atomic E-state index is 10.1. The van der Waals surface area contributed by atoms with Crippen molar-refractivity contribution in [1.29, 1.82) is 0 Å². The van der Waals surface area contributed by atoms with Gasteiger partial charge < -0.3 is 20.2 Å². The zero-order valence-corrected chi connectivity index (χ0v) is 5.63. The van der Waals surface area contributed by atoms with Gasteiger partial charge in [-0.1, -0.05) is 0 Å². The molecule has 1 radical (unpaired) electrons. The molecule has 61 valence electrons. The smallest absolute Gasteiger partial charge is 0.358 e.